The lowest BCUT2D eigenvalue weighted by Crippen LogP contribution is -2.07. The van der Waals surface area contributed by atoms with E-state index in [4.69, 9.17) is 4.74 Å². The van der Waals surface area contributed by atoms with Gasteiger partial charge in [0, 0.05) is 6.42 Å². The van der Waals surface area contributed by atoms with Crippen molar-refractivity contribution in [3.05, 3.63) is 12.2 Å². The number of carbonyl (C=O) groups is 1. The second-order valence-corrected chi connectivity index (χ2v) is 5.32. The molecule has 100 valence electrons. The summed E-state index contributed by atoms with van der Waals surface area (Å²) in [6.45, 7) is 9.18. The lowest BCUT2D eigenvalue weighted by atomic mass is 10.1. The van der Waals surface area contributed by atoms with E-state index in [0.29, 0.717) is 24.9 Å². The Balaban J connectivity index is 3.33. The van der Waals surface area contributed by atoms with Crippen molar-refractivity contribution in [1.29, 1.82) is 0 Å². The first-order valence-electron chi connectivity index (χ1n) is 6.84. The molecule has 0 rings (SSSR count). The molecule has 0 bridgehead atoms. The Labute approximate surface area is 106 Å². The van der Waals surface area contributed by atoms with Crippen LogP contribution in [0.15, 0.2) is 12.2 Å². The average molecular weight is 240 g/mol. The summed E-state index contributed by atoms with van der Waals surface area (Å²) in [6.07, 6.45) is 9.01. The van der Waals surface area contributed by atoms with Crippen LogP contribution in [0, 0.1) is 11.8 Å². The molecule has 0 aromatic carbocycles. The predicted octanol–water partition coefficient (Wildman–Crippen LogP) is 4.35. The third kappa shape index (κ3) is 13.1. The maximum absolute atomic E-state index is 11.3. The Morgan fingerprint density at radius 2 is 1.88 bits per heavy atom. The molecule has 0 saturated carbocycles. The number of unbranched alkanes of at least 4 members (excludes halogenated alkanes) is 2. The van der Waals surface area contributed by atoms with Crippen molar-refractivity contribution in [3.63, 3.8) is 0 Å². The fourth-order valence-electron chi connectivity index (χ4n) is 1.38. The normalized spacial score (nSPS) is 11.6. The lowest BCUT2D eigenvalue weighted by Gasteiger charge is -2.06. The molecule has 0 radical (unpaired) electrons. The predicted molar refractivity (Wildman–Crippen MR) is 72.9 cm³/mol. The van der Waals surface area contributed by atoms with Crippen LogP contribution in [-0.2, 0) is 9.53 Å². The minimum absolute atomic E-state index is 0.0431. The number of hydrogen-bond acceptors (Lipinski definition) is 2. The van der Waals surface area contributed by atoms with E-state index in [1.807, 2.05) is 0 Å². The Morgan fingerprint density at radius 1 is 1.18 bits per heavy atom. The number of carbonyl (C=O) groups excluding carboxylic acids is 1. The second kappa shape index (κ2) is 10.4. The molecule has 0 N–H and O–H groups in total. The average Bonchev–Trinajstić information content (AvgIpc) is 2.22. The number of hydrogen-bond donors (Lipinski definition) is 0. The maximum Gasteiger partial charge on any atom is 0.305 e. The van der Waals surface area contributed by atoms with Gasteiger partial charge in [0.25, 0.3) is 0 Å². The molecule has 0 aliphatic rings. The highest BCUT2D eigenvalue weighted by Crippen LogP contribution is 2.05. The van der Waals surface area contributed by atoms with Crippen LogP contribution in [-0.4, -0.2) is 12.6 Å². The molecule has 0 aromatic rings. The summed E-state index contributed by atoms with van der Waals surface area (Å²) in [6, 6.07) is 0. The third-order valence-electron chi connectivity index (χ3n) is 2.48. The molecule has 0 aliphatic heterocycles. The SMILES string of the molecule is CC(C)C=CCCCCC(=O)OCCC(C)C. The lowest BCUT2D eigenvalue weighted by molar-refractivity contribution is -0.144. The van der Waals surface area contributed by atoms with Crippen LogP contribution in [0.5, 0.6) is 0 Å². The van der Waals surface area contributed by atoms with Gasteiger partial charge in [-0.25, -0.2) is 0 Å². The van der Waals surface area contributed by atoms with E-state index in [9.17, 15) is 4.79 Å². The van der Waals surface area contributed by atoms with Gasteiger partial charge in [0.15, 0.2) is 0 Å². The minimum atomic E-state index is -0.0431. The van der Waals surface area contributed by atoms with Crippen molar-refractivity contribution < 1.29 is 9.53 Å². The van der Waals surface area contributed by atoms with Crippen molar-refractivity contribution in [3.8, 4) is 0 Å². The Hall–Kier alpha value is -0.790. The molecule has 0 unspecified atom stereocenters. The highest BCUT2D eigenvalue weighted by Gasteiger charge is 2.02. The zero-order valence-electron chi connectivity index (χ0n) is 11.9. The first-order chi connectivity index (χ1) is 8.02. The molecule has 0 amide bonds. The zero-order valence-corrected chi connectivity index (χ0v) is 11.9. The molecule has 2 nitrogen and oxygen atoms in total. The minimum Gasteiger partial charge on any atom is -0.466 e. The van der Waals surface area contributed by atoms with Gasteiger partial charge in [-0.2, -0.15) is 0 Å². The zero-order chi connectivity index (χ0) is 13.1. The molecule has 0 aromatic heterocycles. The molecular formula is C15H28O2. The van der Waals surface area contributed by atoms with Gasteiger partial charge in [-0.15, -0.1) is 0 Å². The number of esters is 1. The van der Waals surface area contributed by atoms with Crippen molar-refractivity contribution in [2.24, 2.45) is 11.8 Å². The summed E-state index contributed by atoms with van der Waals surface area (Å²) in [5.74, 6) is 1.18. The number of rotatable bonds is 9. The smallest absolute Gasteiger partial charge is 0.305 e. The van der Waals surface area contributed by atoms with Crippen molar-refractivity contribution in [1.82, 2.24) is 0 Å². The molecule has 0 saturated heterocycles. The molecular weight excluding hydrogens is 212 g/mol. The first kappa shape index (κ1) is 16.2. The summed E-state index contributed by atoms with van der Waals surface area (Å²) in [7, 11) is 0. The van der Waals surface area contributed by atoms with Gasteiger partial charge < -0.3 is 4.74 Å². The van der Waals surface area contributed by atoms with Gasteiger partial charge in [0.1, 0.15) is 0 Å². The van der Waals surface area contributed by atoms with Crippen LogP contribution < -0.4 is 0 Å². The van der Waals surface area contributed by atoms with E-state index in [0.717, 1.165) is 25.7 Å². The molecule has 2 heteroatoms. The van der Waals surface area contributed by atoms with Gasteiger partial charge in [-0.3, -0.25) is 4.79 Å². The van der Waals surface area contributed by atoms with Gasteiger partial charge >= 0.3 is 5.97 Å². The quantitative estimate of drug-likeness (QED) is 0.340. The van der Waals surface area contributed by atoms with Crippen molar-refractivity contribution >= 4 is 5.97 Å². The Kier molecular flexibility index (Phi) is 9.89. The van der Waals surface area contributed by atoms with Crippen LogP contribution in [0.2, 0.25) is 0 Å². The fraction of sp³-hybridized carbons (Fsp3) is 0.800. The molecule has 17 heavy (non-hydrogen) atoms. The third-order valence-corrected chi connectivity index (χ3v) is 2.48. The molecule has 0 heterocycles. The van der Waals surface area contributed by atoms with E-state index in [2.05, 4.69) is 39.8 Å². The molecule has 0 aliphatic carbocycles. The second-order valence-electron chi connectivity index (χ2n) is 5.32. The largest absolute Gasteiger partial charge is 0.466 e. The van der Waals surface area contributed by atoms with E-state index in [1.165, 1.54) is 0 Å². The number of allylic oxidation sites excluding steroid dienone is 2. The summed E-state index contributed by atoms with van der Waals surface area (Å²) in [4.78, 5) is 11.3. The van der Waals surface area contributed by atoms with Gasteiger partial charge in [-0.1, -0.05) is 39.8 Å². The maximum atomic E-state index is 11.3. The van der Waals surface area contributed by atoms with Crippen LogP contribution in [0.3, 0.4) is 0 Å². The monoisotopic (exact) mass is 240 g/mol. The summed E-state index contributed by atoms with van der Waals surface area (Å²) >= 11 is 0. The highest BCUT2D eigenvalue weighted by molar-refractivity contribution is 5.69. The van der Waals surface area contributed by atoms with E-state index in [1.54, 1.807) is 0 Å². The van der Waals surface area contributed by atoms with Crippen LogP contribution >= 0.6 is 0 Å². The Bertz CT molecular complexity index is 217. The van der Waals surface area contributed by atoms with Crippen molar-refractivity contribution in [2.45, 2.75) is 59.8 Å². The summed E-state index contributed by atoms with van der Waals surface area (Å²) in [5.41, 5.74) is 0. The molecule has 0 atom stereocenters. The van der Waals surface area contributed by atoms with Gasteiger partial charge in [0.05, 0.1) is 6.61 Å². The molecule has 0 spiro atoms. The summed E-state index contributed by atoms with van der Waals surface area (Å²) < 4.78 is 5.14. The van der Waals surface area contributed by atoms with Gasteiger partial charge in [0.2, 0.25) is 0 Å². The van der Waals surface area contributed by atoms with E-state index < -0.39 is 0 Å². The van der Waals surface area contributed by atoms with Crippen molar-refractivity contribution in [2.75, 3.05) is 6.61 Å². The Morgan fingerprint density at radius 3 is 2.47 bits per heavy atom. The molecule has 0 fully saturated rings. The standard InChI is InChI=1S/C15H28O2/c1-13(2)9-7-5-6-8-10-15(16)17-12-11-14(3)4/h7,9,13-14H,5-6,8,10-12H2,1-4H3. The van der Waals surface area contributed by atoms with Gasteiger partial charge in [-0.05, 0) is 37.5 Å². The van der Waals surface area contributed by atoms with E-state index >= 15 is 0 Å². The summed E-state index contributed by atoms with van der Waals surface area (Å²) in [5, 5.41) is 0. The van der Waals surface area contributed by atoms with Crippen LogP contribution in [0.25, 0.3) is 0 Å². The van der Waals surface area contributed by atoms with E-state index in [-0.39, 0.29) is 5.97 Å². The fourth-order valence-corrected chi connectivity index (χ4v) is 1.38. The van der Waals surface area contributed by atoms with Crippen LogP contribution in [0.4, 0.5) is 0 Å². The highest BCUT2D eigenvalue weighted by atomic mass is 16.5. The first-order valence-corrected chi connectivity index (χ1v) is 6.84. The van der Waals surface area contributed by atoms with Crippen LogP contribution in [0.1, 0.15) is 59.8 Å². The topological polar surface area (TPSA) is 26.3 Å². The number of ether oxygens (including phenoxy) is 1.